The Kier molecular flexibility index (Phi) is 3.30. The van der Waals surface area contributed by atoms with Crippen molar-refractivity contribution in [3.05, 3.63) is 29.6 Å². The van der Waals surface area contributed by atoms with Gasteiger partial charge in [-0.15, -0.1) is 11.3 Å². The summed E-state index contributed by atoms with van der Waals surface area (Å²) in [6, 6.07) is 8.00. The Labute approximate surface area is 111 Å². The largest absolute Gasteiger partial charge is 0.443 e. The second-order valence-corrected chi connectivity index (χ2v) is 6.13. The van der Waals surface area contributed by atoms with Crippen LogP contribution in [0.2, 0.25) is 0 Å². The molecular weight excluding hydrogens is 246 g/mol. The number of benzene rings is 1. The maximum Gasteiger partial charge on any atom is 0.414 e. The molecule has 4 heteroatoms. The number of anilines is 1. The smallest absolute Gasteiger partial charge is 0.414 e. The zero-order valence-corrected chi connectivity index (χ0v) is 11.9. The summed E-state index contributed by atoms with van der Waals surface area (Å²) in [5.74, 6) is 0. The fourth-order valence-electron chi connectivity index (χ4n) is 1.60. The van der Waals surface area contributed by atoms with Gasteiger partial charge in [0.2, 0.25) is 0 Å². The minimum atomic E-state index is -0.474. The Morgan fingerprint density at radius 1 is 1.28 bits per heavy atom. The fourth-order valence-corrected chi connectivity index (χ4v) is 2.37. The SMILES string of the molecule is CN(C(=O)OC(C)(C)C)c1ccc2sccc2c1. The topological polar surface area (TPSA) is 29.5 Å². The van der Waals surface area contributed by atoms with Gasteiger partial charge in [-0.2, -0.15) is 0 Å². The summed E-state index contributed by atoms with van der Waals surface area (Å²) in [4.78, 5) is 13.5. The van der Waals surface area contributed by atoms with Gasteiger partial charge in [0, 0.05) is 17.4 Å². The lowest BCUT2D eigenvalue weighted by atomic mass is 10.2. The van der Waals surface area contributed by atoms with E-state index in [0.717, 1.165) is 11.1 Å². The highest BCUT2D eigenvalue weighted by Crippen LogP contribution is 2.26. The molecule has 0 spiro atoms. The molecular formula is C14H17NO2S. The number of carbonyl (C=O) groups excluding carboxylic acids is 1. The first-order valence-electron chi connectivity index (χ1n) is 5.81. The van der Waals surface area contributed by atoms with Crippen LogP contribution in [-0.2, 0) is 4.74 Å². The second kappa shape index (κ2) is 4.61. The summed E-state index contributed by atoms with van der Waals surface area (Å²) in [7, 11) is 1.72. The van der Waals surface area contributed by atoms with E-state index in [1.807, 2.05) is 50.4 Å². The molecule has 3 nitrogen and oxygen atoms in total. The Hall–Kier alpha value is -1.55. The molecule has 0 aliphatic rings. The van der Waals surface area contributed by atoms with Crippen molar-refractivity contribution in [2.24, 2.45) is 0 Å². The maximum atomic E-state index is 11.9. The van der Waals surface area contributed by atoms with Crippen molar-refractivity contribution in [1.82, 2.24) is 0 Å². The summed E-state index contributed by atoms with van der Waals surface area (Å²) in [5.41, 5.74) is 0.368. The van der Waals surface area contributed by atoms with Crippen LogP contribution in [0.4, 0.5) is 10.5 Å². The summed E-state index contributed by atoms with van der Waals surface area (Å²) < 4.78 is 6.56. The van der Waals surface area contributed by atoms with E-state index in [2.05, 4.69) is 0 Å². The van der Waals surface area contributed by atoms with Gasteiger partial charge in [0.1, 0.15) is 5.60 Å². The number of rotatable bonds is 1. The van der Waals surface area contributed by atoms with Crippen LogP contribution in [0.5, 0.6) is 0 Å². The minimum Gasteiger partial charge on any atom is -0.443 e. The molecule has 1 aromatic heterocycles. The number of ether oxygens (including phenoxy) is 1. The first-order chi connectivity index (χ1) is 8.37. The second-order valence-electron chi connectivity index (χ2n) is 5.18. The number of fused-ring (bicyclic) bond motifs is 1. The Morgan fingerprint density at radius 2 is 2.00 bits per heavy atom. The molecule has 0 aliphatic heterocycles. The van der Waals surface area contributed by atoms with Crippen molar-refractivity contribution in [3.63, 3.8) is 0 Å². The van der Waals surface area contributed by atoms with E-state index in [1.54, 1.807) is 18.4 Å². The molecule has 0 unspecified atom stereocenters. The molecule has 18 heavy (non-hydrogen) atoms. The summed E-state index contributed by atoms with van der Waals surface area (Å²) in [6.45, 7) is 5.59. The van der Waals surface area contributed by atoms with Crippen molar-refractivity contribution >= 4 is 33.2 Å². The summed E-state index contributed by atoms with van der Waals surface area (Å²) in [6.07, 6.45) is -0.336. The van der Waals surface area contributed by atoms with Crippen molar-refractivity contribution in [2.75, 3.05) is 11.9 Å². The molecule has 0 aliphatic carbocycles. The highest BCUT2D eigenvalue weighted by atomic mass is 32.1. The quantitative estimate of drug-likeness (QED) is 0.768. The lowest BCUT2D eigenvalue weighted by Gasteiger charge is -2.24. The van der Waals surface area contributed by atoms with E-state index >= 15 is 0 Å². The molecule has 0 saturated carbocycles. The lowest BCUT2D eigenvalue weighted by molar-refractivity contribution is 0.0589. The van der Waals surface area contributed by atoms with E-state index in [9.17, 15) is 4.79 Å². The molecule has 0 radical (unpaired) electrons. The monoisotopic (exact) mass is 263 g/mol. The molecule has 0 N–H and O–H groups in total. The van der Waals surface area contributed by atoms with Crippen LogP contribution in [0.25, 0.3) is 10.1 Å². The van der Waals surface area contributed by atoms with Crippen LogP contribution < -0.4 is 4.90 Å². The highest BCUT2D eigenvalue weighted by molar-refractivity contribution is 7.17. The van der Waals surface area contributed by atoms with Gasteiger partial charge < -0.3 is 4.74 Å². The normalized spacial score (nSPS) is 11.6. The van der Waals surface area contributed by atoms with Gasteiger partial charge in [0.05, 0.1) is 0 Å². The van der Waals surface area contributed by atoms with E-state index in [4.69, 9.17) is 4.74 Å². The molecule has 0 fully saturated rings. The number of thiophene rings is 1. The van der Waals surface area contributed by atoms with Gasteiger partial charge >= 0.3 is 6.09 Å². The van der Waals surface area contributed by atoms with Crippen LogP contribution in [0.1, 0.15) is 20.8 Å². The Balaban J connectivity index is 2.22. The van der Waals surface area contributed by atoms with Crippen molar-refractivity contribution < 1.29 is 9.53 Å². The molecule has 0 saturated heterocycles. The number of hydrogen-bond donors (Lipinski definition) is 0. The van der Waals surface area contributed by atoms with Gasteiger partial charge in [0.15, 0.2) is 0 Å². The maximum absolute atomic E-state index is 11.9. The molecule has 0 bridgehead atoms. The van der Waals surface area contributed by atoms with E-state index in [-0.39, 0.29) is 6.09 Å². The van der Waals surface area contributed by atoms with Crippen molar-refractivity contribution in [1.29, 1.82) is 0 Å². The summed E-state index contributed by atoms with van der Waals surface area (Å²) >= 11 is 1.69. The Morgan fingerprint density at radius 3 is 2.67 bits per heavy atom. The highest BCUT2D eigenvalue weighted by Gasteiger charge is 2.20. The number of nitrogens with zero attached hydrogens (tertiary/aromatic N) is 1. The van der Waals surface area contributed by atoms with Crippen molar-refractivity contribution in [3.8, 4) is 0 Å². The standard InChI is InChI=1S/C14H17NO2S/c1-14(2,3)17-13(16)15(4)11-5-6-12-10(9-11)7-8-18-12/h5-9H,1-4H3. The van der Waals surface area contributed by atoms with Crippen LogP contribution >= 0.6 is 11.3 Å². The third kappa shape index (κ3) is 2.82. The number of amides is 1. The minimum absolute atomic E-state index is 0.336. The van der Waals surface area contributed by atoms with E-state index < -0.39 is 5.60 Å². The van der Waals surface area contributed by atoms with Crippen LogP contribution in [0, 0.1) is 0 Å². The molecule has 1 amide bonds. The van der Waals surface area contributed by atoms with Crippen LogP contribution in [0.3, 0.4) is 0 Å². The van der Waals surface area contributed by atoms with Crippen LogP contribution in [-0.4, -0.2) is 18.7 Å². The first kappa shape index (κ1) is 12.9. The van der Waals surface area contributed by atoms with Crippen molar-refractivity contribution in [2.45, 2.75) is 26.4 Å². The fraction of sp³-hybridized carbons (Fsp3) is 0.357. The van der Waals surface area contributed by atoms with Gasteiger partial charge in [-0.05, 0) is 55.8 Å². The average molecular weight is 263 g/mol. The molecule has 0 atom stereocenters. The van der Waals surface area contributed by atoms with Gasteiger partial charge in [0.25, 0.3) is 0 Å². The van der Waals surface area contributed by atoms with Gasteiger partial charge in [-0.3, -0.25) is 4.90 Å². The molecule has 2 rings (SSSR count). The zero-order chi connectivity index (χ0) is 13.3. The average Bonchev–Trinajstić information content (AvgIpc) is 2.72. The number of hydrogen-bond acceptors (Lipinski definition) is 3. The van der Waals surface area contributed by atoms with Gasteiger partial charge in [-0.1, -0.05) is 0 Å². The molecule has 2 aromatic rings. The van der Waals surface area contributed by atoms with Crippen LogP contribution in [0.15, 0.2) is 29.6 Å². The zero-order valence-electron chi connectivity index (χ0n) is 11.1. The molecule has 96 valence electrons. The molecule has 1 heterocycles. The number of carbonyl (C=O) groups is 1. The Bertz CT molecular complexity index is 568. The predicted molar refractivity (Wildman–Crippen MR) is 76.5 cm³/mol. The molecule has 1 aromatic carbocycles. The van der Waals surface area contributed by atoms with E-state index in [0.29, 0.717) is 0 Å². The van der Waals surface area contributed by atoms with Gasteiger partial charge in [-0.25, -0.2) is 4.79 Å². The lowest BCUT2D eigenvalue weighted by Crippen LogP contribution is -2.34. The predicted octanol–water partition coefficient (Wildman–Crippen LogP) is 4.27. The third-order valence-corrected chi connectivity index (χ3v) is 3.39. The summed E-state index contributed by atoms with van der Waals surface area (Å²) in [5, 5.41) is 3.19. The van der Waals surface area contributed by atoms with E-state index in [1.165, 1.54) is 9.60 Å². The third-order valence-electron chi connectivity index (χ3n) is 2.49. The first-order valence-corrected chi connectivity index (χ1v) is 6.69.